The number of piperazine rings is 1. The van der Waals surface area contributed by atoms with Crippen LogP contribution in [-0.2, 0) is 0 Å². The molecule has 1 aliphatic rings. The third-order valence-electron chi connectivity index (χ3n) is 3.02. The van der Waals surface area contributed by atoms with E-state index in [9.17, 15) is 4.79 Å². The molecule has 1 unspecified atom stereocenters. The van der Waals surface area contributed by atoms with E-state index in [2.05, 4.69) is 21.8 Å². The molecule has 82 valence electrons. The Labute approximate surface area is 89.9 Å². The van der Waals surface area contributed by atoms with Crippen molar-refractivity contribution in [2.75, 3.05) is 33.7 Å². The molecule has 1 aliphatic heterocycles. The molecule has 0 radical (unpaired) electrons. The highest BCUT2D eigenvalue weighted by Gasteiger charge is 2.29. The van der Waals surface area contributed by atoms with Gasteiger partial charge >= 0.3 is 0 Å². The molecular formula is C11H17N3O. The van der Waals surface area contributed by atoms with Gasteiger partial charge in [-0.1, -0.05) is 0 Å². The molecule has 2 rings (SSSR count). The van der Waals surface area contributed by atoms with Gasteiger partial charge in [-0.15, -0.1) is 0 Å². The van der Waals surface area contributed by atoms with Gasteiger partial charge in [0.05, 0.1) is 11.7 Å². The van der Waals surface area contributed by atoms with Crippen molar-refractivity contribution in [3.8, 4) is 0 Å². The number of hydrogen-bond acceptors (Lipinski definition) is 3. The Bertz CT molecular complexity index is 334. The highest BCUT2D eigenvalue weighted by atomic mass is 16.1. The summed E-state index contributed by atoms with van der Waals surface area (Å²) in [4.78, 5) is 19.4. The number of H-pyrrole nitrogens is 1. The van der Waals surface area contributed by atoms with Gasteiger partial charge in [-0.3, -0.25) is 9.69 Å². The predicted molar refractivity (Wildman–Crippen MR) is 59.0 cm³/mol. The maximum absolute atomic E-state index is 12.1. The molecular weight excluding hydrogens is 190 g/mol. The first-order chi connectivity index (χ1) is 7.18. The number of aromatic amines is 1. The van der Waals surface area contributed by atoms with E-state index in [-0.39, 0.29) is 11.8 Å². The van der Waals surface area contributed by atoms with Crippen LogP contribution in [0, 0.1) is 0 Å². The summed E-state index contributed by atoms with van der Waals surface area (Å²) in [5, 5.41) is 0. The first-order valence-corrected chi connectivity index (χ1v) is 5.25. The normalized spacial score (nSPS) is 24.3. The molecule has 4 heteroatoms. The number of Topliss-reactive ketones (excluding diaryl/α,β-unsaturated/α-hetero) is 1. The van der Waals surface area contributed by atoms with Crippen LogP contribution in [0.3, 0.4) is 0 Å². The van der Waals surface area contributed by atoms with Gasteiger partial charge in [0.1, 0.15) is 0 Å². The maximum Gasteiger partial charge on any atom is 0.197 e. The minimum Gasteiger partial charge on any atom is -0.359 e. The van der Waals surface area contributed by atoms with Gasteiger partial charge in [-0.05, 0) is 26.2 Å². The Balaban J connectivity index is 2.12. The summed E-state index contributed by atoms with van der Waals surface area (Å²) < 4.78 is 0. The number of nitrogens with one attached hydrogen (secondary N) is 1. The second-order valence-electron chi connectivity index (χ2n) is 4.21. The zero-order chi connectivity index (χ0) is 10.8. The van der Waals surface area contributed by atoms with Gasteiger partial charge in [0.2, 0.25) is 0 Å². The molecule has 1 aromatic rings. The molecule has 1 atom stereocenters. The second kappa shape index (κ2) is 4.16. The van der Waals surface area contributed by atoms with Crippen LogP contribution in [0.5, 0.6) is 0 Å². The van der Waals surface area contributed by atoms with Crippen LogP contribution in [0.2, 0.25) is 0 Å². The lowest BCUT2D eigenvalue weighted by Gasteiger charge is -2.36. The third kappa shape index (κ3) is 2.11. The number of ketones is 1. The van der Waals surface area contributed by atoms with E-state index in [4.69, 9.17) is 0 Å². The van der Waals surface area contributed by atoms with Crippen molar-refractivity contribution in [2.45, 2.75) is 6.04 Å². The maximum atomic E-state index is 12.1. The van der Waals surface area contributed by atoms with Crippen LogP contribution in [0.15, 0.2) is 18.3 Å². The van der Waals surface area contributed by atoms with Crippen LogP contribution in [-0.4, -0.2) is 60.3 Å². The molecule has 4 nitrogen and oxygen atoms in total. The molecule has 2 heterocycles. The summed E-state index contributed by atoms with van der Waals surface area (Å²) >= 11 is 0. The molecule has 0 amide bonds. The third-order valence-corrected chi connectivity index (χ3v) is 3.02. The van der Waals surface area contributed by atoms with E-state index in [1.165, 1.54) is 0 Å². The number of aromatic nitrogens is 1. The average molecular weight is 207 g/mol. The van der Waals surface area contributed by atoms with Crippen molar-refractivity contribution in [3.05, 3.63) is 24.0 Å². The summed E-state index contributed by atoms with van der Waals surface area (Å²) in [5.41, 5.74) is 0.710. The Morgan fingerprint density at radius 3 is 2.93 bits per heavy atom. The second-order valence-corrected chi connectivity index (χ2v) is 4.21. The largest absolute Gasteiger partial charge is 0.359 e. The standard InChI is InChI=1S/C11H17N3O/c1-13-6-7-14(2)10(8-13)11(15)9-4-3-5-12-9/h3-5,10,12H,6-8H2,1-2H3. The fourth-order valence-electron chi connectivity index (χ4n) is 1.96. The van der Waals surface area contributed by atoms with E-state index < -0.39 is 0 Å². The van der Waals surface area contributed by atoms with E-state index in [0.29, 0.717) is 5.69 Å². The van der Waals surface area contributed by atoms with E-state index in [0.717, 1.165) is 19.6 Å². The Morgan fingerprint density at radius 2 is 2.27 bits per heavy atom. The van der Waals surface area contributed by atoms with Crippen molar-refractivity contribution < 1.29 is 4.79 Å². The molecule has 0 aromatic carbocycles. The number of carbonyl (C=O) groups is 1. The van der Waals surface area contributed by atoms with E-state index in [1.807, 2.05) is 19.2 Å². The zero-order valence-corrected chi connectivity index (χ0v) is 9.23. The summed E-state index contributed by atoms with van der Waals surface area (Å²) in [5.74, 6) is 0.189. The van der Waals surface area contributed by atoms with E-state index in [1.54, 1.807) is 6.20 Å². The molecule has 1 aromatic heterocycles. The minimum absolute atomic E-state index is 0.0117. The molecule has 0 spiro atoms. The van der Waals surface area contributed by atoms with Crippen LogP contribution < -0.4 is 0 Å². The van der Waals surface area contributed by atoms with Gasteiger partial charge in [0.25, 0.3) is 0 Å². The molecule has 0 saturated carbocycles. The topological polar surface area (TPSA) is 39.3 Å². The fourth-order valence-corrected chi connectivity index (χ4v) is 1.96. The molecule has 0 bridgehead atoms. The molecule has 15 heavy (non-hydrogen) atoms. The van der Waals surface area contributed by atoms with Crippen LogP contribution in [0.4, 0.5) is 0 Å². The highest BCUT2D eigenvalue weighted by Crippen LogP contribution is 2.11. The monoisotopic (exact) mass is 207 g/mol. The van der Waals surface area contributed by atoms with Gasteiger partial charge in [-0.2, -0.15) is 0 Å². The van der Waals surface area contributed by atoms with Gasteiger partial charge < -0.3 is 9.88 Å². The number of likely N-dealkylation sites (N-methyl/N-ethyl adjacent to an activating group) is 2. The van der Waals surface area contributed by atoms with Crippen LogP contribution in [0.25, 0.3) is 0 Å². The fraction of sp³-hybridized carbons (Fsp3) is 0.545. The van der Waals surface area contributed by atoms with Crippen molar-refractivity contribution in [1.29, 1.82) is 0 Å². The minimum atomic E-state index is -0.0117. The van der Waals surface area contributed by atoms with Gasteiger partial charge in [-0.25, -0.2) is 0 Å². The van der Waals surface area contributed by atoms with Crippen LogP contribution in [0.1, 0.15) is 10.5 Å². The quantitative estimate of drug-likeness (QED) is 0.715. The average Bonchev–Trinajstić information content (AvgIpc) is 2.74. The van der Waals surface area contributed by atoms with Crippen molar-refractivity contribution in [3.63, 3.8) is 0 Å². The first-order valence-electron chi connectivity index (χ1n) is 5.25. The highest BCUT2D eigenvalue weighted by molar-refractivity contribution is 5.98. The van der Waals surface area contributed by atoms with Crippen molar-refractivity contribution in [1.82, 2.24) is 14.8 Å². The van der Waals surface area contributed by atoms with Gasteiger partial charge in [0, 0.05) is 25.8 Å². The lowest BCUT2D eigenvalue weighted by atomic mass is 10.1. The predicted octanol–water partition coefficient (Wildman–Crippen LogP) is 0.443. The summed E-state index contributed by atoms with van der Waals surface area (Å²) in [6.45, 7) is 2.80. The van der Waals surface area contributed by atoms with Gasteiger partial charge in [0.15, 0.2) is 5.78 Å². The first kappa shape index (κ1) is 10.4. The zero-order valence-electron chi connectivity index (χ0n) is 9.23. The summed E-state index contributed by atoms with van der Waals surface area (Å²) in [7, 11) is 4.07. The summed E-state index contributed by atoms with van der Waals surface area (Å²) in [6.07, 6.45) is 1.79. The lowest BCUT2D eigenvalue weighted by Crippen LogP contribution is -2.53. The molecule has 1 N–H and O–H groups in total. The Hall–Kier alpha value is -1.13. The van der Waals surface area contributed by atoms with Crippen molar-refractivity contribution >= 4 is 5.78 Å². The SMILES string of the molecule is CN1CCN(C)C(C(=O)c2ccc[nH]2)C1. The number of nitrogens with zero attached hydrogens (tertiary/aromatic N) is 2. The molecule has 1 fully saturated rings. The molecule has 1 saturated heterocycles. The van der Waals surface area contributed by atoms with Crippen molar-refractivity contribution in [2.24, 2.45) is 0 Å². The number of hydrogen-bond donors (Lipinski definition) is 1. The lowest BCUT2D eigenvalue weighted by molar-refractivity contribution is 0.0682. The van der Waals surface area contributed by atoms with Crippen LogP contribution >= 0.6 is 0 Å². The Morgan fingerprint density at radius 1 is 1.47 bits per heavy atom. The number of rotatable bonds is 2. The number of carbonyl (C=O) groups excluding carboxylic acids is 1. The summed E-state index contributed by atoms with van der Waals surface area (Å²) in [6, 6.07) is 3.69. The van der Waals surface area contributed by atoms with E-state index >= 15 is 0 Å². The Kier molecular flexibility index (Phi) is 2.88. The molecule has 0 aliphatic carbocycles. The smallest absolute Gasteiger partial charge is 0.197 e.